The molecule has 3 aromatic rings. The maximum atomic E-state index is 13.5. The van der Waals surface area contributed by atoms with Gasteiger partial charge in [-0.25, -0.2) is 14.4 Å². The van der Waals surface area contributed by atoms with E-state index in [-0.39, 0.29) is 5.91 Å². The van der Waals surface area contributed by atoms with Crippen LogP contribution in [0.15, 0.2) is 77.3 Å². The summed E-state index contributed by atoms with van der Waals surface area (Å²) in [4.78, 5) is 33.9. The first-order valence-electron chi connectivity index (χ1n) is 9.97. The smallest absolute Gasteiger partial charge is 0.266 e. The number of hydrogen-bond donors (Lipinski definition) is 0. The fraction of sp³-hybridized carbons (Fsp3) is 0.167. The first-order chi connectivity index (χ1) is 15.5. The minimum absolute atomic E-state index is 0.320. The highest BCUT2D eigenvalue weighted by Crippen LogP contribution is 2.48. The summed E-state index contributed by atoms with van der Waals surface area (Å²) in [6.45, 7) is 0. The number of hydrogen-bond acceptors (Lipinski definition) is 5. The summed E-state index contributed by atoms with van der Waals surface area (Å²) in [5, 5.41) is 1.63. The van der Waals surface area contributed by atoms with Gasteiger partial charge in [-0.15, -0.1) is 0 Å². The van der Waals surface area contributed by atoms with Crippen LogP contribution in [0.5, 0.6) is 5.75 Å². The highest BCUT2D eigenvalue weighted by Gasteiger charge is 2.60. The molecule has 3 aromatic carbocycles. The summed E-state index contributed by atoms with van der Waals surface area (Å²) in [5.41, 5.74) is 1.84. The number of benzene rings is 3. The number of imide groups is 1. The van der Waals surface area contributed by atoms with Gasteiger partial charge in [-0.1, -0.05) is 24.3 Å². The standard InChI is InChI=1S/C24H18BrFN2O4/c1-31-19-12-7-14(13-18(19)25)21-20-22(32-28(21)17-5-3-2-4-6-17)24(30)27(23(20)29)16-10-8-15(26)9-11-16/h2-13,20-22H,1H3/t20-,21-,22-/m1/s1. The van der Waals surface area contributed by atoms with E-state index in [0.717, 1.165) is 20.6 Å². The number of para-hydroxylation sites is 1. The van der Waals surface area contributed by atoms with Crippen LogP contribution in [0.4, 0.5) is 15.8 Å². The van der Waals surface area contributed by atoms with E-state index in [1.807, 2.05) is 42.5 Å². The van der Waals surface area contributed by atoms with E-state index in [2.05, 4.69) is 15.9 Å². The van der Waals surface area contributed by atoms with Crippen molar-refractivity contribution in [2.24, 2.45) is 5.92 Å². The first kappa shape index (κ1) is 20.7. The van der Waals surface area contributed by atoms with Crippen LogP contribution >= 0.6 is 15.9 Å². The average Bonchev–Trinajstić information content (AvgIpc) is 3.31. The topological polar surface area (TPSA) is 59.1 Å². The third-order valence-corrected chi connectivity index (χ3v) is 6.35. The molecule has 5 rings (SSSR count). The molecule has 2 fully saturated rings. The molecule has 0 aromatic heterocycles. The maximum Gasteiger partial charge on any atom is 0.266 e. The maximum absolute atomic E-state index is 13.5. The van der Waals surface area contributed by atoms with E-state index in [9.17, 15) is 14.0 Å². The second-order valence-electron chi connectivity index (χ2n) is 7.54. The number of fused-ring (bicyclic) bond motifs is 1. The van der Waals surface area contributed by atoms with E-state index in [1.54, 1.807) is 18.2 Å². The molecule has 32 heavy (non-hydrogen) atoms. The first-order valence-corrected chi connectivity index (χ1v) is 10.8. The number of amides is 2. The number of rotatable bonds is 4. The van der Waals surface area contributed by atoms with Crippen LogP contribution in [-0.4, -0.2) is 25.0 Å². The largest absolute Gasteiger partial charge is 0.496 e. The van der Waals surface area contributed by atoms with Crippen molar-refractivity contribution in [3.05, 3.63) is 88.6 Å². The number of methoxy groups -OCH3 is 1. The van der Waals surface area contributed by atoms with Gasteiger partial charge in [-0.05, 0) is 70.0 Å². The lowest BCUT2D eigenvalue weighted by Gasteiger charge is -2.29. The Morgan fingerprint density at radius 1 is 0.938 bits per heavy atom. The van der Waals surface area contributed by atoms with E-state index < -0.39 is 29.8 Å². The van der Waals surface area contributed by atoms with Crippen LogP contribution < -0.4 is 14.7 Å². The Hall–Kier alpha value is -3.23. The van der Waals surface area contributed by atoms with Gasteiger partial charge in [0.2, 0.25) is 5.91 Å². The second-order valence-corrected chi connectivity index (χ2v) is 8.39. The fourth-order valence-electron chi connectivity index (χ4n) is 4.26. The van der Waals surface area contributed by atoms with Gasteiger partial charge in [-0.3, -0.25) is 14.4 Å². The summed E-state index contributed by atoms with van der Waals surface area (Å²) in [6, 6.07) is 19.6. The highest BCUT2D eigenvalue weighted by atomic mass is 79.9. The number of nitrogens with zero attached hydrogens (tertiary/aromatic N) is 2. The molecule has 2 heterocycles. The summed E-state index contributed by atoms with van der Waals surface area (Å²) < 4.78 is 19.4. The van der Waals surface area contributed by atoms with Crippen molar-refractivity contribution in [2.75, 3.05) is 17.1 Å². The SMILES string of the molecule is COc1ccc([C@@H]2[C@H]3C(=O)N(c4ccc(F)cc4)C(=O)[C@@H]3ON2c2ccccc2)cc1Br. The molecule has 3 atom stereocenters. The van der Waals surface area contributed by atoms with Gasteiger partial charge in [0.05, 0.1) is 29.0 Å². The Labute approximate surface area is 192 Å². The molecule has 0 unspecified atom stereocenters. The van der Waals surface area contributed by atoms with Crippen LogP contribution in [0.3, 0.4) is 0 Å². The van der Waals surface area contributed by atoms with Crippen molar-refractivity contribution < 1.29 is 23.6 Å². The summed E-state index contributed by atoms with van der Waals surface area (Å²) in [5.74, 6) is -1.42. The van der Waals surface area contributed by atoms with E-state index in [4.69, 9.17) is 9.57 Å². The zero-order valence-corrected chi connectivity index (χ0v) is 18.5. The van der Waals surface area contributed by atoms with Gasteiger partial charge >= 0.3 is 0 Å². The van der Waals surface area contributed by atoms with Gasteiger partial charge in [-0.2, -0.15) is 0 Å². The highest BCUT2D eigenvalue weighted by molar-refractivity contribution is 9.10. The Morgan fingerprint density at radius 2 is 1.66 bits per heavy atom. The number of ether oxygens (including phenoxy) is 1. The number of carbonyl (C=O) groups is 2. The van der Waals surface area contributed by atoms with Crippen molar-refractivity contribution in [3.8, 4) is 5.75 Å². The monoisotopic (exact) mass is 496 g/mol. The molecule has 2 aliphatic rings. The minimum Gasteiger partial charge on any atom is -0.496 e. The summed E-state index contributed by atoms with van der Waals surface area (Å²) in [6.07, 6.45) is -0.987. The van der Waals surface area contributed by atoms with Gasteiger partial charge in [0, 0.05) is 0 Å². The Kier molecular flexibility index (Phi) is 5.19. The van der Waals surface area contributed by atoms with Crippen LogP contribution in [0.2, 0.25) is 0 Å². The fourth-order valence-corrected chi connectivity index (χ4v) is 4.82. The zero-order chi connectivity index (χ0) is 22.4. The van der Waals surface area contributed by atoms with Crippen molar-refractivity contribution in [1.82, 2.24) is 0 Å². The molecule has 2 aliphatic heterocycles. The van der Waals surface area contributed by atoms with E-state index in [1.165, 1.54) is 24.3 Å². The van der Waals surface area contributed by atoms with Crippen LogP contribution in [-0.2, 0) is 14.4 Å². The molecule has 0 bridgehead atoms. The number of anilines is 2. The third-order valence-electron chi connectivity index (χ3n) is 5.73. The molecule has 8 heteroatoms. The summed E-state index contributed by atoms with van der Waals surface area (Å²) >= 11 is 3.50. The lowest BCUT2D eigenvalue weighted by atomic mass is 9.90. The molecule has 2 amide bonds. The Balaban J connectivity index is 1.59. The third kappa shape index (κ3) is 3.27. The van der Waals surface area contributed by atoms with Crippen molar-refractivity contribution in [3.63, 3.8) is 0 Å². The van der Waals surface area contributed by atoms with Gasteiger partial charge in [0.1, 0.15) is 17.5 Å². The van der Waals surface area contributed by atoms with E-state index in [0.29, 0.717) is 11.4 Å². The van der Waals surface area contributed by atoms with E-state index >= 15 is 0 Å². The molecule has 0 radical (unpaired) electrons. The van der Waals surface area contributed by atoms with Crippen LogP contribution in [0.25, 0.3) is 0 Å². The van der Waals surface area contributed by atoms with Gasteiger partial charge < -0.3 is 4.74 Å². The van der Waals surface area contributed by atoms with Gasteiger partial charge in [0.25, 0.3) is 5.91 Å². The van der Waals surface area contributed by atoms with Crippen molar-refractivity contribution in [2.45, 2.75) is 12.1 Å². The number of carbonyl (C=O) groups excluding carboxylic acids is 2. The van der Waals surface area contributed by atoms with Crippen molar-refractivity contribution in [1.29, 1.82) is 0 Å². The predicted octanol–water partition coefficient (Wildman–Crippen LogP) is 4.65. The van der Waals surface area contributed by atoms with Crippen LogP contribution in [0.1, 0.15) is 11.6 Å². The molecule has 0 spiro atoms. The Morgan fingerprint density at radius 3 is 2.31 bits per heavy atom. The zero-order valence-electron chi connectivity index (χ0n) is 16.9. The molecule has 0 saturated carbocycles. The molecule has 2 saturated heterocycles. The molecule has 0 N–H and O–H groups in total. The average molecular weight is 497 g/mol. The lowest BCUT2D eigenvalue weighted by Crippen LogP contribution is -2.37. The molecular formula is C24H18BrFN2O4. The lowest BCUT2D eigenvalue weighted by molar-refractivity contribution is -0.126. The minimum atomic E-state index is -0.987. The number of halogens is 2. The second kappa shape index (κ2) is 8.03. The number of hydroxylamine groups is 1. The van der Waals surface area contributed by atoms with Gasteiger partial charge in [0.15, 0.2) is 6.10 Å². The molecule has 0 aliphatic carbocycles. The predicted molar refractivity (Wildman–Crippen MR) is 120 cm³/mol. The van der Waals surface area contributed by atoms with Crippen molar-refractivity contribution >= 4 is 39.1 Å². The normalized spacial score (nSPS) is 22.4. The van der Waals surface area contributed by atoms with Crippen LogP contribution in [0, 0.1) is 11.7 Å². The quantitative estimate of drug-likeness (QED) is 0.492. The Bertz CT molecular complexity index is 1190. The molecular weight excluding hydrogens is 479 g/mol. The molecule has 162 valence electrons. The summed E-state index contributed by atoms with van der Waals surface area (Å²) in [7, 11) is 1.57. The molecule has 6 nitrogen and oxygen atoms in total.